The van der Waals surface area contributed by atoms with Crippen LogP contribution in [0.3, 0.4) is 0 Å². The third kappa shape index (κ3) is 4.67. The van der Waals surface area contributed by atoms with Crippen molar-refractivity contribution in [3.63, 3.8) is 0 Å². The second-order valence-electron chi connectivity index (χ2n) is 7.30. The lowest BCUT2D eigenvalue weighted by Crippen LogP contribution is -2.56. The molecule has 1 fully saturated rings. The number of hydrogen-bond acceptors (Lipinski definition) is 4. The second-order valence-corrected chi connectivity index (χ2v) is 7.30. The third-order valence-corrected chi connectivity index (χ3v) is 3.97. The van der Waals surface area contributed by atoms with E-state index in [1.54, 1.807) is 39.8 Å². The van der Waals surface area contributed by atoms with Gasteiger partial charge in [0.2, 0.25) is 0 Å². The lowest BCUT2D eigenvalue weighted by Gasteiger charge is -2.40. The fourth-order valence-electron chi connectivity index (χ4n) is 2.66. The predicted octanol–water partition coefficient (Wildman–Crippen LogP) is 3.43. The normalized spacial score (nSPS) is 20.3. The number of alkyl halides is 2. The molecule has 0 saturated carbocycles. The summed E-state index contributed by atoms with van der Waals surface area (Å²) in [4.78, 5) is 13.4. The number of carbonyl (C=O) groups excluding carboxylic acids is 1. The Morgan fingerprint density at radius 3 is 2.68 bits per heavy atom. The van der Waals surface area contributed by atoms with Crippen LogP contribution in [0.25, 0.3) is 0 Å². The molecular weight excluding hydrogens is 330 g/mol. The van der Waals surface area contributed by atoms with Gasteiger partial charge in [0.1, 0.15) is 11.6 Å². The van der Waals surface area contributed by atoms with Crippen molar-refractivity contribution in [2.75, 3.05) is 19.8 Å². The van der Waals surface area contributed by atoms with E-state index in [-0.39, 0.29) is 31.4 Å². The summed E-state index contributed by atoms with van der Waals surface area (Å²) in [5.74, 6) is -3.29. The van der Waals surface area contributed by atoms with E-state index in [9.17, 15) is 4.79 Å². The highest BCUT2D eigenvalue weighted by Gasteiger charge is 2.49. The Hall–Kier alpha value is -1.73. The van der Waals surface area contributed by atoms with E-state index in [0.717, 1.165) is 4.90 Å². The van der Waals surface area contributed by atoms with Gasteiger partial charge in [-0.3, -0.25) is 4.90 Å². The third-order valence-electron chi connectivity index (χ3n) is 3.97. The summed E-state index contributed by atoms with van der Waals surface area (Å²) in [5.41, 5.74) is 5.46. The van der Waals surface area contributed by atoms with Crippen molar-refractivity contribution >= 4 is 6.09 Å². The molecular formula is C18H26F2N2O3. The highest BCUT2D eigenvalue weighted by atomic mass is 19.3. The second kappa shape index (κ2) is 7.25. The largest absolute Gasteiger partial charge is 0.444 e. The van der Waals surface area contributed by atoms with Crippen molar-refractivity contribution in [1.29, 1.82) is 0 Å². The summed E-state index contributed by atoms with van der Waals surface area (Å²) in [6, 6.07) is 4.18. The Morgan fingerprint density at radius 1 is 1.40 bits per heavy atom. The molecule has 1 saturated heterocycles. The monoisotopic (exact) mass is 356 g/mol. The van der Waals surface area contributed by atoms with Crippen LogP contribution in [0, 0.1) is 0 Å². The van der Waals surface area contributed by atoms with Gasteiger partial charge >= 0.3 is 6.09 Å². The molecule has 1 aromatic carbocycles. The molecule has 1 aliphatic heterocycles. The number of hydrogen-bond donors (Lipinski definition) is 1. The molecule has 1 aliphatic rings. The SMILES string of the molecule is C[C@@H](N)c1cccc(C(F)(F)C2COCCN2C(=O)OC(C)(C)C)c1. The van der Waals surface area contributed by atoms with Crippen LogP contribution in [0.1, 0.15) is 44.9 Å². The molecule has 1 heterocycles. The standard InChI is InChI=1S/C18H26F2N2O3/c1-12(21)13-6-5-7-14(10-13)18(19,20)15-11-24-9-8-22(15)16(23)25-17(2,3)4/h5-7,10,12,15H,8-9,11,21H2,1-4H3/t12-,15?/m1/s1. The van der Waals surface area contributed by atoms with Crippen LogP contribution in [-0.2, 0) is 15.4 Å². The van der Waals surface area contributed by atoms with Gasteiger partial charge < -0.3 is 15.2 Å². The van der Waals surface area contributed by atoms with Gasteiger partial charge in [-0.2, -0.15) is 8.78 Å². The van der Waals surface area contributed by atoms with Crippen LogP contribution in [0.15, 0.2) is 24.3 Å². The highest BCUT2D eigenvalue weighted by molar-refractivity contribution is 5.69. The van der Waals surface area contributed by atoms with Crippen molar-refractivity contribution in [3.8, 4) is 0 Å². The molecule has 2 N–H and O–H groups in total. The van der Waals surface area contributed by atoms with Gasteiger partial charge in [0.25, 0.3) is 5.92 Å². The molecule has 25 heavy (non-hydrogen) atoms. The van der Waals surface area contributed by atoms with Gasteiger partial charge in [-0.25, -0.2) is 4.79 Å². The van der Waals surface area contributed by atoms with Crippen molar-refractivity contribution in [3.05, 3.63) is 35.4 Å². The number of carbonyl (C=O) groups is 1. The van der Waals surface area contributed by atoms with Gasteiger partial charge in [-0.05, 0) is 39.3 Å². The van der Waals surface area contributed by atoms with Crippen LogP contribution in [0.4, 0.5) is 13.6 Å². The first-order valence-corrected chi connectivity index (χ1v) is 8.33. The lowest BCUT2D eigenvalue weighted by atomic mass is 9.96. The summed E-state index contributed by atoms with van der Waals surface area (Å²) < 4.78 is 40.8. The molecule has 140 valence electrons. The zero-order valence-electron chi connectivity index (χ0n) is 15.1. The van der Waals surface area contributed by atoms with E-state index in [2.05, 4.69) is 0 Å². The molecule has 7 heteroatoms. The molecule has 0 aromatic heterocycles. The minimum atomic E-state index is -3.29. The maximum atomic E-state index is 15.2. The molecule has 2 rings (SSSR count). The smallest absolute Gasteiger partial charge is 0.410 e. The van der Waals surface area contributed by atoms with E-state index >= 15 is 8.78 Å². The van der Waals surface area contributed by atoms with E-state index < -0.39 is 23.7 Å². The number of nitrogens with two attached hydrogens (primary N) is 1. The molecule has 1 unspecified atom stereocenters. The van der Waals surface area contributed by atoms with E-state index in [4.69, 9.17) is 15.2 Å². The zero-order chi connectivity index (χ0) is 18.8. The van der Waals surface area contributed by atoms with Crippen molar-refractivity contribution in [1.82, 2.24) is 4.90 Å². The number of amides is 1. The van der Waals surface area contributed by atoms with Gasteiger partial charge in [0.15, 0.2) is 0 Å². The Labute approximate surface area is 147 Å². The van der Waals surface area contributed by atoms with Crippen molar-refractivity contribution in [2.45, 2.75) is 51.3 Å². The quantitative estimate of drug-likeness (QED) is 0.901. The molecule has 0 spiro atoms. The van der Waals surface area contributed by atoms with Crippen LogP contribution in [0.5, 0.6) is 0 Å². The minimum absolute atomic E-state index is 0.0577. The molecule has 0 radical (unpaired) electrons. The topological polar surface area (TPSA) is 64.8 Å². The van der Waals surface area contributed by atoms with Crippen LogP contribution in [-0.4, -0.2) is 42.4 Å². The molecule has 1 amide bonds. The average Bonchev–Trinajstić information content (AvgIpc) is 2.53. The first kappa shape index (κ1) is 19.6. The Morgan fingerprint density at radius 2 is 2.08 bits per heavy atom. The number of halogens is 2. The van der Waals surface area contributed by atoms with Crippen molar-refractivity contribution < 1.29 is 23.0 Å². The lowest BCUT2D eigenvalue weighted by molar-refractivity contribution is -0.137. The van der Waals surface area contributed by atoms with Crippen LogP contribution in [0.2, 0.25) is 0 Å². The summed E-state index contributed by atoms with van der Waals surface area (Å²) >= 11 is 0. The van der Waals surface area contributed by atoms with Gasteiger partial charge in [0.05, 0.1) is 13.2 Å². The van der Waals surface area contributed by atoms with Gasteiger partial charge in [0, 0.05) is 18.2 Å². The number of rotatable bonds is 3. The Bertz CT molecular complexity index is 615. The maximum absolute atomic E-state index is 15.2. The van der Waals surface area contributed by atoms with Gasteiger partial charge in [-0.1, -0.05) is 18.2 Å². The number of benzene rings is 1. The Balaban J connectivity index is 2.31. The summed E-state index contributed by atoms with van der Waals surface area (Å²) in [6.45, 7) is 6.83. The van der Waals surface area contributed by atoms with E-state index in [0.29, 0.717) is 5.56 Å². The van der Waals surface area contributed by atoms with Crippen molar-refractivity contribution in [2.24, 2.45) is 5.73 Å². The molecule has 0 aliphatic carbocycles. The first-order chi connectivity index (χ1) is 11.5. The number of ether oxygens (including phenoxy) is 2. The maximum Gasteiger partial charge on any atom is 0.410 e. The van der Waals surface area contributed by atoms with Gasteiger partial charge in [-0.15, -0.1) is 0 Å². The first-order valence-electron chi connectivity index (χ1n) is 8.33. The fraction of sp³-hybridized carbons (Fsp3) is 0.611. The zero-order valence-corrected chi connectivity index (χ0v) is 15.1. The highest BCUT2D eigenvalue weighted by Crippen LogP contribution is 2.37. The molecule has 1 aromatic rings. The summed E-state index contributed by atoms with van der Waals surface area (Å²) in [6.07, 6.45) is -0.760. The fourth-order valence-corrected chi connectivity index (χ4v) is 2.66. The summed E-state index contributed by atoms with van der Waals surface area (Å²) in [7, 11) is 0. The number of nitrogens with zero attached hydrogens (tertiary/aromatic N) is 1. The molecule has 5 nitrogen and oxygen atoms in total. The van der Waals surface area contributed by atoms with E-state index in [1.807, 2.05) is 0 Å². The van der Waals surface area contributed by atoms with Crippen LogP contribution >= 0.6 is 0 Å². The minimum Gasteiger partial charge on any atom is -0.444 e. The molecule has 0 bridgehead atoms. The predicted molar refractivity (Wildman–Crippen MR) is 90.5 cm³/mol. The molecule has 2 atom stereocenters. The van der Waals surface area contributed by atoms with Crippen LogP contribution < -0.4 is 5.73 Å². The average molecular weight is 356 g/mol. The van der Waals surface area contributed by atoms with E-state index in [1.165, 1.54) is 12.1 Å². The number of morpholine rings is 1. The Kier molecular flexibility index (Phi) is 5.68. The summed E-state index contributed by atoms with van der Waals surface area (Å²) in [5, 5.41) is 0.